The largest absolute Gasteiger partial charge is 0.333 e. The molecule has 0 unspecified atom stereocenters. The molecule has 5 heteroatoms. The van der Waals surface area contributed by atoms with Gasteiger partial charge in [0.1, 0.15) is 5.54 Å². The Balaban J connectivity index is 2.14. The summed E-state index contributed by atoms with van der Waals surface area (Å²) < 4.78 is 0.972. The van der Waals surface area contributed by atoms with E-state index in [1.165, 1.54) is 11.3 Å². The lowest BCUT2D eigenvalue weighted by Gasteiger charge is -2.21. The van der Waals surface area contributed by atoms with E-state index in [-0.39, 0.29) is 5.91 Å². The maximum absolute atomic E-state index is 12.1. The molecule has 1 aliphatic rings. The van der Waals surface area contributed by atoms with E-state index < -0.39 is 5.54 Å². The third-order valence-electron chi connectivity index (χ3n) is 3.10. The summed E-state index contributed by atoms with van der Waals surface area (Å²) >= 11 is 4.81. The highest BCUT2D eigenvalue weighted by Crippen LogP contribution is 2.31. The third-order valence-corrected chi connectivity index (χ3v) is 5.24. The monoisotopic (exact) mass is 312 g/mol. The summed E-state index contributed by atoms with van der Waals surface area (Å²) in [5.74, 6) is -0.132. The number of carbonyl (C=O) groups is 1. The van der Waals surface area contributed by atoms with Gasteiger partial charge in [0, 0.05) is 0 Å². The molecule has 0 saturated heterocycles. The lowest BCUT2D eigenvalue weighted by atomic mass is 10.00. The smallest absolute Gasteiger partial charge is 0.262 e. The highest BCUT2D eigenvalue weighted by Gasteiger charge is 2.35. The molecular weight excluding hydrogens is 300 g/mol. The highest BCUT2D eigenvalue weighted by atomic mass is 79.9. The standard InChI is InChI=1S/C12H13BrN2OS/c1-8-6-9(17-10(8)13)11(16)15-12(7-14)4-2-3-5-12/h6H,2-5H2,1H3,(H,15,16). The van der Waals surface area contributed by atoms with Gasteiger partial charge >= 0.3 is 0 Å². The Labute approximate surface area is 113 Å². The molecule has 1 fully saturated rings. The second kappa shape index (κ2) is 4.79. The quantitative estimate of drug-likeness (QED) is 0.910. The van der Waals surface area contributed by atoms with Crippen LogP contribution in [0.3, 0.4) is 0 Å². The fourth-order valence-electron chi connectivity index (χ4n) is 2.09. The van der Waals surface area contributed by atoms with Crippen molar-refractivity contribution in [2.45, 2.75) is 38.1 Å². The van der Waals surface area contributed by atoms with Crippen LogP contribution in [0.1, 0.15) is 40.9 Å². The number of nitrogens with zero attached hydrogens (tertiary/aromatic N) is 1. The topological polar surface area (TPSA) is 52.9 Å². The van der Waals surface area contributed by atoms with Gasteiger partial charge < -0.3 is 5.32 Å². The van der Waals surface area contributed by atoms with Crippen LogP contribution in [0.4, 0.5) is 0 Å². The molecule has 0 aliphatic heterocycles. The van der Waals surface area contributed by atoms with Crippen molar-refractivity contribution in [3.63, 3.8) is 0 Å². The van der Waals surface area contributed by atoms with Crippen LogP contribution >= 0.6 is 27.3 Å². The first-order valence-electron chi connectivity index (χ1n) is 5.56. The van der Waals surface area contributed by atoms with Crippen LogP contribution in [0.5, 0.6) is 0 Å². The van der Waals surface area contributed by atoms with Crippen LogP contribution in [0.25, 0.3) is 0 Å². The lowest BCUT2D eigenvalue weighted by Crippen LogP contribution is -2.44. The molecule has 1 N–H and O–H groups in total. The van der Waals surface area contributed by atoms with E-state index in [2.05, 4.69) is 27.3 Å². The summed E-state index contributed by atoms with van der Waals surface area (Å²) in [6, 6.07) is 4.11. The Bertz CT molecular complexity index is 464. The fraction of sp³-hybridized carbons (Fsp3) is 0.500. The highest BCUT2D eigenvalue weighted by molar-refractivity contribution is 9.11. The Kier molecular flexibility index (Phi) is 3.55. The second-order valence-corrected chi connectivity index (χ2v) is 6.79. The summed E-state index contributed by atoms with van der Waals surface area (Å²) in [7, 11) is 0. The molecule has 90 valence electrons. The average molecular weight is 313 g/mol. The first-order valence-corrected chi connectivity index (χ1v) is 7.17. The molecule has 1 aromatic heterocycles. The van der Waals surface area contributed by atoms with Crippen molar-refractivity contribution in [2.24, 2.45) is 0 Å². The molecule has 17 heavy (non-hydrogen) atoms. The minimum Gasteiger partial charge on any atom is -0.333 e. The normalized spacial score (nSPS) is 17.7. The number of thiophene rings is 1. The molecule has 1 saturated carbocycles. The summed E-state index contributed by atoms with van der Waals surface area (Å²) in [4.78, 5) is 12.7. The van der Waals surface area contributed by atoms with Crippen molar-refractivity contribution in [1.82, 2.24) is 5.32 Å². The predicted octanol–water partition coefficient (Wildman–Crippen LogP) is 3.39. The molecule has 1 amide bonds. The Morgan fingerprint density at radius 2 is 2.24 bits per heavy atom. The van der Waals surface area contributed by atoms with Gasteiger partial charge in [-0.2, -0.15) is 5.26 Å². The van der Waals surface area contributed by atoms with E-state index in [4.69, 9.17) is 0 Å². The number of rotatable bonds is 2. The van der Waals surface area contributed by atoms with Gasteiger partial charge in [0.2, 0.25) is 0 Å². The number of carbonyl (C=O) groups excluding carboxylic acids is 1. The Morgan fingerprint density at radius 1 is 1.59 bits per heavy atom. The summed E-state index contributed by atoms with van der Waals surface area (Å²) in [6.07, 6.45) is 3.56. The van der Waals surface area contributed by atoms with Gasteiger partial charge in [0.15, 0.2) is 0 Å². The molecule has 0 bridgehead atoms. The molecule has 0 atom stereocenters. The third kappa shape index (κ3) is 2.53. The number of hydrogen-bond donors (Lipinski definition) is 1. The number of nitrogens with one attached hydrogen (secondary N) is 1. The maximum Gasteiger partial charge on any atom is 0.262 e. The van der Waals surface area contributed by atoms with Gasteiger partial charge in [-0.25, -0.2) is 0 Å². The molecule has 1 aromatic rings. The average Bonchev–Trinajstić information content (AvgIpc) is 2.88. The van der Waals surface area contributed by atoms with E-state index >= 15 is 0 Å². The molecule has 0 spiro atoms. The maximum atomic E-state index is 12.1. The number of hydrogen-bond acceptors (Lipinski definition) is 3. The van der Waals surface area contributed by atoms with Crippen molar-refractivity contribution in [2.75, 3.05) is 0 Å². The van der Waals surface area contributed by atoms with Crippen molar-refractivity contribution in [3.8, 4) is 6.07 Å². The summed E-state index contributed by atoms with van der Waals surface area (Å²) in [5.41, 5.74) is 0.416. The van der Waals surface area contributed by atoms with E-state index in [0.717, 1.165) is 35.0 Å². The Morgan fingerprint density at radius 3 is 2.71 bits per heavy atom. The van der Waals surface area contributed by atoms with Gasteiger partial charge in [0.05, 0.1) is 14.7 Å². The fourth-order valence-corrected chi connectivity index (χ4v) is 3.52. The van der Waals surface area contributed by atoms with E-state index in [1.54, 1.807) is 0 Å². The predicted molar refractivity (Wildman–Crippen MR) is 71.0 cm³/mol. The number of amides is 1. The van der Waals surface area contributed by atoms with Gasteiger partial charge in [-0.3, -0.25) is 4.79 Å². The van der Waals surface area contributed by atoms with Gasteiger partial charge in [-0.1, -0.05) is 0 Å². The van der Waals surface area contributed by atoms with Crippen molar-refractivity contribution < 1.29 is 4.79 Å². The zero-order chi connectivity index (χ0) is 12.5. The summed E-state index contributed by atoms with van der Waals surface area (Å²) in [5, 5.41) is 12.1. The molecule has 1 aliphatic carbocycles. The zero-order valence-electron chi connectivity index (χ0n) is 9.55. The van der Waals surface area contributed by atoms with E-state index in [0.29, 0.717) is 4.88 Å². The van der Waals surface area contributed by atoms with Crippen LogP contribution in [-0.2, 0) is 0 Å². The minimum atomic E-state index is -0.637. The van der Waals surface area contributed by atoms with E-state index in [9.17, 15) is 10.1 Å². The zero-order valence-corrected chi connectivity index (χ0v) is 11.9. The van der Waals surface area contributed by atoms with Crippen LogP contribution in [0, 0.1) is 18.3 Å². The number of halogens is 1. The lowest BCUT2D eigenvalue weighted by molar-refractivity contribution is 0.0925. The van der Waals surface area contributed by atoms with Crippen molar-refractivity contribution in [1.29, 1.82) is 5.26 Å². The minimum absolute atomic E-state index is 0.132. The van der Waals surface area contributed by atoms with Crippen LogP contribution < -0.4 is 5.32 Å². The molecule has 0 radical (unpaired) electrons. The first kappa shape index (κ1) is 12.6. The first-order chi connectivity index (χ1) is 8.06. The van der Waals surface area contributed by atoms with Gasteiger partial charge in [-0.15, -0.1) is 11.3 Å². The molecule has 2 rings (SSSR count). The van der Waals surface area contributed by atoms with Crippen molar-refractivity contribution in [3.05, 3.63) is 20.3 Å². The van der Waals surface area contributed by atoms with Crippen LogP contribution in [-0.4, -0.2) is 11.4 Å². The Hall–Kier alpha value is -0.860. The SMILES string of the molecule is Cc1cc(C(=O)NC2(C#N)CCCC2)sc1Br. The van der Waals surface area contributed by atoms with Crippen LogP contribution in [0.2, 0.25) is 0 Å². The van der Waals surface area contributed by atoms with Crippen molar-refractivity contribution >= 4 is 33.2 Å². The number of nitriles is 1. The second-order valence-electron chi connectivity index (χ2n) is 4.42. The van der Waals surface area contributed by atoms with Gasteiger partial charge in [-0.05, 0) is 60.2 Å². The molecular formula is C12H13BrN2OS. The molecule has 3 nitrogen and oxygen atoms in total. The summed E-state index contributed by atoms with van der Waals surface area (Å²) in [6.45, 7) is 1.95. The van der Waals surface area contributed by atoms with E-state index in [1.807, 2.05) is 13.0 Å². The van der Waals surface area contributed by atoms with Crippen LogP contribution in [0.15, 0.2) is 9.85 Å². The molecule has 0 aromatic carbocycles. The number of aryl methyl sites for hydroxylation is 1. The molecule has 1 heterocycles. The van der Waals surface area contributed by atoms with Gasteiger partial charge in [0.25, 0.3) is 5.91 Å².